The largest absolute Gasteiger partial charge is 0.313 e. The molecule has 3 N–H and O–H groups in total. The zero-order valence-corrected chi connectivity index (χ0v) is 11.3. The van der Waals surface area contributed by atoms with Gasteiger partial charge >= 0.3 is 0 Å². The van der Waals surface area contributed by atoms with Gasteiger partial charge in [0.15, 0.2) is 0 Å². The van der Waals surface area contributed by atoms with Crippen LogP contribution in [0.15, 0.2) is 61.1 Å². The van der Waals surface area contributed by atoms with Gasteiger partial charge < -0.3 is 5.73 Å². The second-order valence-corrected chi connectivity index (χ2v) is 4.55. The first-order valence-corrected chi connectivity index (χ1v) is 6.60. The fourth-order valence-corrected chi connectivity index (χ4v) is 2.05. The van der Waals surface area contributed by atoms with Gasteiger partial charge in [-0.3, -0.25) is 10.1 Å². The Morgan fingerprint density at radius 3 is 2.57 bits per heavy atom. The average Bonchev–Trinajstić information content (AvgIpc) is 3.04. The van der Waals surface area contributed by atoms with Gasteiger partial charge in [0.25, 0.3) is 0 Å². The smallest absolute Gasteiger partial charge is 0.110 e. The van der Waals surface area contributed by atoms with Crippen molar-refractivity contribution in [3.63, 3.8) is 0 Å². The molecule has 2 heterocycles. The predicted molar refractivity (Wildman–Crippen MR) is 82.1 cm³/mol. The van der Waals surface area contributed by atoms with E-state index in [1.807, 2.05) is 42.5 Å². The van der Waals surface area contributed by atoms with E-state index in [-0.39, 0.29) is 0 Å². The zero-order chi connectivity index (χ0) is 14.5. The van der Waals surface area contributed by atoms with Crippen LogP contribution in [0.3, 0.4) is 0 Å². The molecule has 21 heavy (non-hydrogen) atoms. The Hall–Kier alpha value is -2.90. The molecule has 0 aliphatic carbocycles. The van der Waals surface area contributed by atoms with Gasteiger partial charge in [-0.2, -0.15) is 5.10 Å². The Labute approximate surface area is 123 Å². The molecule has 0 unspecified atom stereocenters. The lowest BCUT2D eigenvalue weighted by Gasteiger charge is -2.05. The topological polar surface area (TPSA) is 67.6 Å². The molecule has 102 valence electrons. The summed E-state index contributed by atoms with van der Waals surface area (Å²) in [5.74, 6) is 6.13. The Morgan fingerprint density at radius 2 is 1.81 bits per heavy atom. The van der Waals surface area contributed by atoms with Crippen molar-refractivity contribution in [2.45, 2.75) is 6.04 Å². The van der Waals surface area contributed by atoms with Gasteiger partial charge in [-0.25, -0.2) is 0 Å². The second kappa shape index (κ2) is 6.04. The van der Waals surface area contributed by atoms with Crippen LogP contribution < -0.4 is 5.73 Å². The molecule has 0 amide bonds. The fourth-order valence-electron chi connectivity index (χ4n) is 2.05. The van der Waals surface area contributed by atoms with Crippen LogP contribution in [0, 0.1) is 11.8 Å². The lowest BCUT2D eigenvalue weighted by atomic mass is 10.0. The number of hydrogen-bond acceptors (Lipinski definition) is 3. The molecule has 0 fully saturated rings. The van der Waals surface area contributed by atoms with Crippen LogP contribution in [0.25, 0.3) is 11.1 Å². The molecular weight excluding hydrogens is 260 g/mol. The van der Waals surface area contributed by atoms with Crippen LogP contribution in [-0.2, 0) is 0 Å². The summed E-state index contributed by atoms with van der Waals surface area (Å²) in [4.78, 5) is 4.02. The monoisotopic (exact) mass is 274 g/mol. The number of hydrogen-bond donors (Lipinski definition) is 2. The first kappa shape index (κ1) is 13.1. The number of pyridine rings is 1. The summed E-state index contributed by atoms with van der Waals surface area (Å²) in [5, 5.41) is 7.02. The average molecular weight is 274 g/mol. The van der Waals surface area contributed by atoms with Crippen molar-refractivity contribution in [2.24, 2.45) is 5.73 Å². The quantitative estimate of drug-likeness (QED) is 0.706. The molecule has 1 aromatic carbocycles. The lowest BCUT2D eigenvalue weighted by Crippen LogP contribution is -2.09. The van der Waals surface area contributed by atoms with E-state index in [2.05, 4.69) is 27.0 Å². The fraction of sp³-hybridized carbons (Fsp3) is 0.0588. The molecule has 3 aromatic rings. The summed E-state index contributed by atoms with van der Waals surface area (Å²) in [6.45, 7) is 0. The first-order valence-electron chi connectivity index (χ1n) is 6.60. The Kier molecular flexibility index (Phi) is 3.77. The van der Waals surface area contributed by atoms with E-state index in [1.54, 1.807) is 18.6 Å². The number of H-pyrrole nitrogens is 1. The zero-order valence-electron chi connectivity index (χ0n) is 11.3. The van der Waals surface area contributed by atoms with Crippen molar-refractivity contribution in [1.82, 2.24) is 15.2 Å². The third kappa shape index (κ3) is 2.99. The van der Waals surface area contributed by atoms with Crippen LogP contribution >= 0.6 is 0 Å². The molecule has 0 bridgehead atoms. The molecule has 4 heteroatoms. The summed E-state index contributed by atoms with van der Waals surface area (Å²) in [6, 6.07) is 13.2. The number of nitrogens with two attached hydrogens (primary N) is 1. The van der Waals surface area contributed by atoms with Gasteiger partial charge in [-0.1, -0.05) is 30.0 Å². The van der Waals surface area contributed by atoms with E-state index in [0.29, 0.717) is 0 Å². The lowest BCUT2D eigenvalue weighted by molar-refractivity contribution is 0.871. The maximum atomic E-state index is 6.16. The highest BCUT2D eigenvalue weighted by Gasteiger charge is 2.12. The van der Waals surface area contributed by atoms with Crippen molar-refractivity contribution in [2.75, 3.05) is 0 Å². The van der Waals surface area contributed by atoms with Gasteiger partial charge in [0.1, 0.15) is 6.04 Å². The minimum absolute atomic E-state index is 0.420. The highest BCUT2D eigenvalue weighted by atomic mass is 15.1. The first-order chi connectivity index (χ1) is 10.3. The minimum Gasteiger partial charge on any atom is -0.313 e. The van der Waals surface area contributed by atoms with Crippen molar-refractivity contribution in [1.29, 1.82) is 0 Å². The molecule has 0 aliphatic rings. The van der Waals surface area contributed by atoms with Gasteiger partial charge in [0.2, 0.25) is 0 Å². The van der Waals surface area contributed by atoms with Crippen LogP contribution in [-0.4, -0.2) is 15.2 Å². The maximum absolute atomic E-state index is 6.16. The van der Waals surface area contributed by atoms with Crippen LogP contribution in [0.4, 0.5) is 0 Å². The van der Waals surface area contributed by atoms with Crippen molar-refractivity contribution >= 4 is 0 Å². The Balaban J connectivity index is 1.89. The van der Waals surface area contributed by atoms with E-state index >= 15 is 0 Å². The van der Waals surface area contributed by atoms with Gasteiger partial charge in [0, 0.05) is 23.5 Å². The summed E-state index contributed by atoms with van der Waals surface area (Å²) in [6.07, 6.45) is 5.25. The molecule has 0 saturated carbocycles. The SMILES string of the molecule is N[C@@H](C#Cc1ccccc1)c1[nH]ncc1-c1ccncc1. The maximum Gasteiger partial charge on any atom is 0.110 e. The number of rotatable bonds is 2. The molecule has 1 atom stereocenters. The number of aromatic amines is 1. The summed E-state index contributed by atoms with van der Waals surface area (Å²) in [5.41, 5.74) is 9.89. The molecule has 0 spiro atoms. The minimum atomic E-state index is -0.420. The molecule has 2 aromatic heterocycles. The van der Waals surface area contributed by atoms with Crippen LogP contribution in [0.2, 0.25) is 0 Å². The third-order valence-corrected chi connectivity index (χ3v) is 3.12. The van der Waals surface area contributed by atoms with E-state index in [1.165, 1.54) is 0 Å². The normalized spacial score (nSPS) is 11.5. The Bertz CT molecular complexity index is 767. The van der Waals surface area contributed by atoms with E-state index in [4.69, 9.17) is 5.73 Å². The summed E-state index contributed by atoms with van der Waals surface area (Å²) >= 11 is 0. The highest BCUT2D eigenvalue weighted by Crippen LogP contribution is 2.24. The van der Waals surface area contributed by atoms with Crippen molar-refractivity contribution in [3.05, 3.63) is 72.3 Å². The van der Waals surface area contributed by atoms with Crippen molar-refractivity contribution < 1.29 is 0 Å². The van der Waals surface area contributed by atoms with Crippen LogP contribution in [0.1, 0.15) is 17.3 Å². The Morgan fingerprint density at radius 1 is 1.05 bits per heavy atom. The van der Waals surface area contributed by atoms with Gasteiger partial charge in [0.05, 0.1) is 11.9 Å². The van der Waals surface area contributed by atoms with Gasteiger partial charge in [-0.15, -0.1) is 0 Å². The van der Waals surface area contributed by atoms with E-state index < -0.39 is 6.04 Å². The predicted octanol–water partition coefficient (Wildman–Crippen LogP) is 2.52. The number of nitrogens with one attached hydrogen (secondary N) is 1. The molecule has 0 saturated heterocycles. The van der Waals surface area contributed by atoms with E-state index in [9.17, 15) is 0 Å². The standard InChI is InChI=1S/C17H14N4/c18-16(7-6-13-4-2-1-3-5-13)17-15(12-20-21-17)14-8-10-19-11-9-14/h1-5,8-12,16H,18H2,(H,20,21)/t16-/m0/s1. The molecular formula is C17H14N4. The third-order valence-electron chi connectivity index (χ3n) is 3.12. The molecule has 0 radical (unpaired) electrons. The van der Waals surface area contributed by atoms with Gasteiger partial charge in [-0.05, 0) is 29.8 Å². The molecule has 0 aliphatic heterocycles. The van der Waals surface area contributed by atoms with Crippen LogP contribution in [0.5, 0.6) is 0 Å². The molecule has 4 nitrogen and oxygen atoms in total. The second-order valence-electron chi connectivity index (χ2n) is 4.55. The molecule has 3 rings (SSSR count). The number of aromatic nitrogens is 3. The van der Waals surface area contributed by atoms with Crippen molar-refractivity contribution in [3.8, 4) is 23.0 Å². The number of benzene rings is 1. The summed E-state index contributed by atoms with van der Waals surface area (Å²) < 4.78 is 0. The number of nitrogens with zero attached hydrogens (tertiary/aromatic N) is 2. The summed E-state index contributed by atoms with van der Waals surface area (Å²) in [7, 11) is 0. The highest BCUT2D eigenvalue weighted by molar-refractivity contribution is 5.65. The van der Waals surface area contributed by atoms with E-state index in [0.717, 1.165) is 22.4 Å².